The van der Waals surface area contributed by atoms with Gasteiger partial charge in [0.15, 0.2) is 0 Å². The Bertz CT molecular complexity index is 475. The van der Waals surface area contributed by atoms with Gasteiger partial charge in [0, 0.05) is 17.9 Å². The van der Waals surface area contributed by atoms with Crippen LogP contribution in [0.25, 0.3) is 0 Å². The van der Waals surface area contributed by atoms with Crippen LogP contribution in [-0.2, 0) is 0 Å². The lowest BCUT2D eigenvalue weighted by atomic mass is 9.93. The number of hydrogen-bond acceptors (Lipinski definition) is 1. The van der Waals surface area contributed by atoms with Gasteiger partial charge in [0.1, 0.15) is 5.82 Å². The van der Waals surface area contributed by atoms with Gasteiger partial charge < -0.3 is 4.90 Å². The molecule has 1 aliphatic carbocycles. The molecule has 1 aromatic rings. The Morgan fingerprint density at radius 1 is 1.30 bits per heavy atom. The lowest BCUT2D eigenvalue weighted by Crippen LogP contribution is -2.42. The van der Waals surface area contributed by atoms with Crippen molar-refractivity contribution in [3.8, 4) is 0 Å². The molecule has 1 amide bonds. The third-order valence-corrected chi connectivity index (χ3v) is 4.94. The van der Waals surface area contributed by atoms with Crippen molar-refractivity contribution in [3.63, 3.8) is 0 Å². The van der Waals surface area contributed by atoms with Gasteiger partial charge in [0.05, 0.1) is 10.0 Å². The number of amides is 1. The average Bonchev–Trinajstić information content (AvgIpc) is 2.48. The lowest BCUT2D eigenvalue weighted by Gasteiger charge is -2.34. The van der Waals surface area contributed by atoms with Crippen LogP contribution in [0.3, 0.4) is 0 Å². The third kappa shape index (κ3) is 3.61. The van der Waals surface area contributed by atoms with Crippen LogP contribution in [0.5, 0.6) is 0 Å². The lowest BCUT2D eigenvalue weighted by molar-refractivity contribution is 0.0649. The van der Waals surface area contributed by atoms with E-state index in [1.807, 2.05) is 4.90 Å². The molecule has 110 valence electrons. The van der Waals surface area contributed by atoms with Crippen molar-refractivity contribution in [2.45, 2.75) is 38.1 Å². The summed E-state index contributed by atoms with van der Waals surface area (Å²) in [7, 11) is 0. The highest BCUT2D eigenvalue weighted by Gasteiger charge is 2.27. The van der Waals surface area contributed by atoms with Crippen LogP contribution in [-0.4, -0.2) is 28.7 Å². The van der Waals surface area contributed by atoms with Crippen molar-refractivity contribution in [2.75, 3.05) is 11.9 Å². The van der Waals surface area contributed by atoms with E-state index in [-0.39, 0.29) is 16.4 Å². The molecule has 0 saturated heterocycles. The first-order valence-corrected chi connectivity index (χ1v) is 8.87. The summed E-state index contributed by atoms with van der Waals surface area (Å²) in [5.74, 6) is -0.471. The summed E-state index contributed by atoms with van der Waals surface area (Å²) in [5, 5.41) is 0.738. The fourth-order valence-electron chi connectivity index (χ4n) is 2.76. The zero-order valence-electron chi connectivity index (χ0n) is 11.2. The molecule has 0 spiro atoms. The zero-order valence-corrected chi connectivity index (χ0v) is 14.4. The summed E-state index contributed by atoms with van der Waals surface area (Å²) in [6.07, 6.45) is 5.68. The van der Waals surface area contributed by atoms with Crippen LogP contribution < -0.4 is 0 Å². The molecule has 1 saturated carbocycles. The second-order valence-corrected chi connectivity index (χ2v) is 6.67. The predicted molar refractivity (Wildman–Crippen MR) is 85.8 cm³/mol. The van der Waals surface area contributed by atoms with Crippen LogP contribution in [0.15, 0.2) is 22.7 Å². The smallest absolute Gasteiger partial charge is 0.255 e. The van der Waals surface area contributed by atoms with Crippen molar-refractivity contribution in [3.05, 3.63) is 34.1 Å². The molecular weight excluding hydrogens is 389 g/mol. The van der Waals surface area contributed by atoms with Crippen molar-refractivity contribution in [1.82, 2.24) is 4.90 Å². The number of halogens is 3. The quantitative estimate of drug-likeness (QED) is 0.660. The van der Waals surface area contributed by atoms with E-state index in [0.717, 1.165) is 18.2 Å². The monoisotopic (exact) mass is 405 g/mol. The van der Waals surface area contributed by atoms with Crippen LogP contribution >= 0.6 is 31.9 Å². The molecular formula is C15H18Br2FNO. The fraction of sp³-hybridized carbons (Fsp3) is 0.533. The predicted octanol–water partition coefficient (Wildman–Crippen LogP) is 4.76. The van der Waals surface area contributed by atoms with Crippen LogP contribution in [0.4, 0.5) is 4.39 Å². The maximum Gasteiger partial charge on any atom is 0.255 e. The molecule has 20 heavy (non-hydrogen) atoms. The molecule has 0 bridgehead atoms. The van der Waals surface area contributed by atoms with Gasteiger partial charge in [-0.1, -0.05) is 41.3 Å². The summed E-state index contributed by atoms with van der Waals surface area (Å²) in [5.41, 5.74) is 0.413. The molecule has 0 unspecified atom stereocenters. The summed E-state index contributed by atoms with van der Waals surface area (Å²) in [6, 6.07) is 4.90. The first kappa shape index (κ1) is 16.0. The maximum absolute atomic E-state index is 13.6. The number of benzene rings is 1. The summed E-state index contributed by atoms with van der Waals surface area (Å²) in [6.45, 7) is 0.659. The van der Waals surface area contributed by atoms with Crippen molar-refractivity contribution in [1.29, 1.82) is 0 Å². The highest BCUT2D eigenvalue weighted by molar-refractivity contribution is 9.10. The van der Waals surface area contributed by atoms with E-state index in [9.17, 15) is 9.18 Å². The zero-order chi connectivity index (χ0) is 14.5. The van der Waals surface area contributed by atoms with E-state index in [1.54, 1.807) is 12.1 Å². The van der Waals surface area contributed by atoms with E-state index < -0.39 is 5.82 Å². The van der Waals surface area contributed by atoms with Crippen molar-refractivity contribution < 1.29 is 9.18 Å². The second kappa shape index (κ2) is 7.55. The summed E-state index contributed by atoms with van der Waals surface area (Å²) in [4.78, 5) is 14.6. The van der Waals surface area contributed by atoms with Gasteiger partial charge in [-0.25, -0.2) is 4.39 Å². The fourth-order valence-corrected chi connectivity index (χ4v) is 3.57. The van der Waals surface area contributed by atoms with Gasteiger partial charge in [-0.3, -0.25) is 4.79 Å². The van der Waals surface area contributed by atoms with Gasteiger partial charge in [-0.05, 0) is 40.9 Å². The van der Waals surface area contributed by atoms with Crippen LogP contribution in [0, 0.1) is 5.82 Å². The summed E-state index contributed by atoms with van der Waals surface area (Å²) < 4.78 is 13.9. The van der Waals surface area contributed by atoms with E-state index in [4.69, 9.17) is 0 Å². The molecule has 0 aromatic heterocycles. The molecule has 0 heterocycles. The number of rotatable bonds is 4. The molecule has 5 heteroatoms. The Morgan fingerprint density at radius 2 is 2.00 bits per heavy atom. The largest absolute Gasteiger partial charge is 0.335 e. The Labute approximate surface area is 136 Å². The maximum atomic E-state index is 13.6. The van der Waals surface area contributed by atoms with Gasteiger partial charge in [-0.15, -0.1) is 0 Å². The Hall–Kier alpha value is -0.420. The van der Waals surface area contributed by atoms with Crippen molar-refractivity contribution >= 4 is 37.8 Å². The normalized spacial score (nSPS) is 16.1. The highest BCUT2D eigenvalue weighted by Crippen LogP contribution is 2.27. The van der Waals surface area contributed by atoms with Crippen LogP contribution in [0.2, 0.25) is 0 Å². The average molecular weight is 407 g/mol. The molecule has 1 fully saturated rings. The van der Waals surface area contributed by atoms with Gasteiger partial charge in [0.25, 0.3) is 5.91 Å². The molecule has 0 radical (unpaired) electrons. The number of carbonyl (C=O) groups is 1. The SMILES string of the molecule is O=C(c1cccc(F)c1Br)N(CCBr)C1CCCCC1. The van der Waals surface area contributed by atoms with Crippen LogP contribution in [0.1, 0.15) is 42.5 Å². The molecule has 0 aliphatic heterocycles. The number of carbonyl (C=O) groups excluding carboxylic acids is 1. The highest BCUT2D eigenvalue weighted by atomic mass is 79.9. The molecule has 2 rings (SSSR count). The first-order chi connectivity index (χ1) is 9.65. The van der Waals surface area contributed by atoms with E-state index in [0.29, 0.717) is 12.1 Å². The number of alkyl halides is 1. The van der Waals surface area contributed by atoms with Gasteiger partial charge in [0.2, 0.25) is 0 Å². The number of hydrogen-bond donors (Lipinski definition) is 0. The standard InChI is InChI=1S/C15H18Br2FNO/c16-9-10-19(11-5-2-1-3-6-11)15(20)12-7-4-8-13(18)14(12)17/h4,7-8,11H,1-3,5-6,9-10H2. The van der Waals surface area contributed by atoms with Gasteiger partial charge in [-0.2, -0.15) is 0 Å². The molecule has 0 atom stereocenters. The minimum atomic E-state index is -0.390. The third-order valence-electron chi connectivity index (χ3n) is 3.78. The van der Waals surface area contributed by atoms with E-state index in [1.165, 1.54) is 25.3 Å². The van der Waals surface area contributed by atoms with E-state index in [2.05, 4.69) is 31.9 Å². The topological polar surface area (TPSA) is 20.3 Å². The Balaban J connectivity index is 2.23. The van der Waals surface area contributed by atoms with E-state index >= 15 is 0 Å². The second-order valence-electron chi connectivity index (χ2n) is 5.08. The van der Waals surface area contributed by atoms with Gasteiger partial charge >= 0.3 is 0 Å². The minimum Gasteiger partial charge on any atom is -0.335 e. The Kier molecular flexibility index (Phi) is 6.02. The number of nitrogens with zero attached hydrogens (tertiary/aromatic N) is 1. The minimum absolute atomic E-state index is 0.0808. The Morgan fingerprint density at radius 3 is 2.65 bits per heavy atom. The first-order valence-electron chi connectivity index (χ1n) is 6.96. The summed E-state index contributed by atoms with van der Waals surface area (Å²) >= 11 is 6.60. The molecule has 2 nitrogen and oxygen atoms in total. The van der Waals surface area contributed by atoms with Crippen molar-refractivity contribution in [2.24, 2.45) is 0 Å². The molecule has 1 aliphatic rings. The molecule has 1 aromatic carbocycles. The molecule has 0 N–H and O–H groups in total.